The maximum absolute atomic E-state index is 12.4. The van der Waals surface area contributed by atoms with Gasteiger partial charge >= 0.3 is 0 Å². The van der Waals surface area contributed by atoms with Gasteiger partial charge in [-0.2, -0.15) is 0 Å². The van der Waals surface area contributed by atoms with Gasteiger partial charge in [0.15, 0.2) is 0 Å². The lowest BCUT2D eigenvalue weighted by molar-refractivity contribution is -0.125. The monoisotopic (exact) mass is 375 g/mol. The van der Waals surface area contributed by atoms with Crippen molar-refractivity contribution in [3.8, 4) is 0 Å². The van der Waals surface area contributed by atoms with Crippen LogP contribution < -0.4 is 10.6 Å². The fraction of sp³-hybridized carbons (Fsp3) is 0.286. The number of rotatable bonds is 3. The zero-order valence-electron chi connectivity index (χ0n) is 15.5. The zero-order valence-corrected chi connectivity index (χ0v) is 15.5. The van der Waals surface area contributed by atoms with Gasteiger partial charge in [-0.05, 0) is 30.5 Å². The van der Waals surface area contributed by atoms with Gasteiger partial charge < -0.3 is 20.3 Å². The van der Waals surface area contributed by atoms with Crippen molar-refractivity contribution in [1.82, 2.24) is 20.2 Å². The topological polar surface area (TPSA) is 79.4 Å². The van der Waals surface area contributed by atoms with Crippen LogP contribution in [0.5, 0.6) is 0 Å². The second-order valence-electron chi connectivity index (χ2n) is 7.38. The molecule has 1 amide bonds. The largest absolute Gasteiger partial charge is 0.370 e. The summed E-state index contributed by atoms with van der Waals surface area (Å²) < 4.78 is 5.39. The number of nitrogens with zero attached hydrogens (tertiary/aromatic N) is 3. The third-order valence-corrected chi connectivity index (χ3v) is 5.51. The molecule has 0 radical (unpaired) electrons. The molecule has 2 aromatic rings. The Hall–Kier alpha value is -3.19. The van der Waals surface area contributed by atoms with E-state index < -0.39 is 0 Å². The molecule has 1 unspecified atom stereocenters. The number of benzene rings is 1. The number of carbonyl (C=O) groups excluding carboxylic acids is 1. The number of hydrogen-bond acceptors (Lipinski definition) is 6. The standard InChI is InChI=1S/C21H21N5O2/c1-12-3-6-19(20(27)23-12)26-9-14-4-5-16(7-17(14)13(26)2)24-21-22-8-15-10-28-11-18(15)25-21/h4-5,7-8,19H,1-3,6,9-11H2,(H,23,27)(H,22,24,25). The number of allylic oxidation sites excluding steroid dienone is 1. The first-order valence-corrected chi connectivity index (χ1v) is 9.35. The van der Waals surface area contributed by atoms with Crippen LogP contribution in [-0.4, -0.2) is 26.8 Å². The third kappa shape index (κ3) is 2.84. The second-order valence-corrected chi connectivity index (χ2v) is 7.38. The van der Waals surface area contributed by atoms with E-state index in [0.29, 0.717) is 25.7 Å². The average Bonchev–Trinajstić information content (AvgIpc) is 3.26. The Morgan fingerprint density at radius 2 is 2.14 bits per heavy atom. The Morgan fingerprint density at radius 1 is 1.25 bits per heavy atom. The molecular formula is C21H21N5O2. The van der Waals surface area contributed by atoms with Crippen LogP contribution in [0.25, 0.3) is 5.70 Å². The van der Waals surface area contributed by atoms with Crippen molar-refractivity contribution in [2.75, 3.05) is 5.32 Å². The Balaban J connectivity index is 1.36. The molecule has 3 aliphatic rings. The van der Waals surface area contributed by atoms with Crippen LogP contribution in [0.15, 0.2) is 43.3 Å². The summed E-state index contributed by atoms with van der Waals surface area (Å²) in [6, 6.07) is 5.91. The summed E-state index contributed by atoms with van der Waals surface area (Å²) in [5, 5.41) is 6.13. The maximum Gasteiger partial charge on any atom is 0.246 e. The zero-order chi connectivity index (χ0) is 19.3. The number of anilines is 2. The Morgan fingerprint density at radius 3 is 3.00 bits per heavy atom. The Kier molecular flexibility index (Phi) is 3.91. The van der Waals surface area contributed by atoms with Crippen LogP contribution in [0.2, 0.25) is 0 Å². The van der Waals surface area contributed by atoms with Crippen molar-refractivity contribution in [1.29, 1.82) is 0 Å². The highest BCUT2D eigenvalue weighted by Gasteiger charge is 2.35. The van der Waals surface area contributed by atoms with E-state index in [1.54, 1.807) is 6.20 Å². The molecule has 1 aromatic carbocycles. The minimum atomic E-state index is -0.207. The first kappa shape index (κ1) is 16.9. The molecule has 0 saturated carbocycles. The molecule has 1 saturated heterocycles. The van der Waals surface area contributed by atoms with E-state index in [2.05, 4.69) is 44.7 Å². The molecule has 0 aliphatic carbocycles. The number of fused-ring (bicyclic) bond motifs is 2. The predicted molar refractivity (Wildman–Crippen MR) is 105 cm³/mol. The van der Waals surface area contributed by atoms with Gasteiger partial charge in [0.05, 0.1) is 18.9 Å². The Bertz CT molecular complexity index is 1020. The fourth-order valence-electron chi connectivity index (χ4n) is 3.99. The average molecular weight is 375 g/mol. The van der Waals surface area contributed by atoms with E-state index in [4.69, 9.17) is 4.74 Å². The molecule has 3 aliphatic heterocycles. The molecule has 1 atom stereocenters. The summed E-state index contributed by atoms with van der Waals surface area (Å²) in [7, 11) is 0. The first-order chi connectivity index (χ1) is 13.6. The minimum Gasteiger partial charge on any atom is -0.370 e. The van der Waals surface area contributed by atoms with Gasteiger partial charge in [-0.25, -0.2) is 9.97 Å². The number of amides is 1. The molecule has 142 valence electrons. The van der Waals surface area contributed by atoms with Crippen molar-refractivity contribution in [3.63, 3.8) is 0 Å². The first-order valence-electron chi connectivity index (χ1n) is 9.35. The third-order valence-electron chi connectivity index (χ3n) is 5.51. The van der Waals surface area contributed by atoms with Gasteiger partial charge in [-0.3, -0.25) is 4.79 Å². The number of aromatic nitrogens is 2. The molecule has 28 heavy (non-hydrogen) atoms. The van der Waals surface area contributed by atoms with Gasteiger partial charge in [0.25, 0.3) is 0 Å². The van der Waals surface area contributed by atoms with Crippen LogP contribution >= 0.6 is 0 Å². The van der Waals surface area contributed by atoms with E-state index in [9.17, 15) is 4.79 Å². The maximum atomic E-state index is 12.4. The van der Waals surface area contributed by atoms with E-state index in [0.717, 1.165) is 52.3 Å². The van der Waals surface area contributed by atoms with Gasteiger partial charge in [-0.15, -0.1) is 0 Å². The minimum absolute atomic E-state index is 0.00249. The molecule has 0 bridgehead atoms. The van der Waals surface area contributed by atoms with Gasteiger partial charge in [0, 0.05) is 40.9 Å². The van der Waals surface area contributed by atoms with Crippen molar-refractivity contribution < 1.29 is 9.53 Å². The molecule has 4 heterocycles. The lowest BCUT2D eigenvalue weighted by Crippen LogP contribution is -2.47. The molecule has 2 N–H and O–H groups in total. The normalized spacial score (nSPS) is 20.8. The van der Waals surface area contributed by atoms with Crippen molar-refractivity contribution in [3.05, 3.63) is 65.6 Å². The van der Waals surface area contributed by atoms with E-state index >= 15 is 0 Å². The van der Waals surface area contributed by atoms with Crippen LogP contribution in [-0.2, 0) is 29.3 Å². The summed E-state index contributed by atoms with van der Waals surface area (Å²) >= 11 is 0. The summed E-state index contributed by atoms with van der Waals surface area (Å²) in [4.78, 5) is 23.4. The molecule has 0 spiro atoms. The summed E-state index contributed by atoms with van der Waals surface area (Å²) in [6.07, 6.45) is 3.36. The number of carbonyl (C=O) groups is 1. The van der Waals surface area contributed by atoms with E-state index in [-0.39, 0.29) is 11.9 Å². The highest BCUT2D eigenvalue weighted by Crippen LogP contribution is 2.37. The highest BCUT2D eigenvalue weighted by atomic mass is 16.5. The molecular weight excluding hydrogens is 354 g/mol. The molecule has 1 aromatic heterocycles. The van der Waals surface area contributed by atoms with E-state index in [1.165, 1.54) is 0 Å². The lowest BCUT2D eigenvalue weighted by atomic mass is 10.0. The van der Waals surface area contributed by atoms with Crippen LogP contribution in [0.4, 0.5) is 11.6 Å². The number of nitrogens with one attached hydrogen (secondary N) is 2. The molecule has 7 heteroatoms. The molecule has 7 nitrogen and oxygen atoms in total. The van der Waals surface area contributed by atoms with Crippen molar-refractivity contribution in [2.45, 2.75) is 38.6 Å². The van der Waals surface area contributed by atoms with Crippen molar-refractivity contribution >= 4 is 23.2 Å². The smallest absolute Gasteiger partial charge is 0.246 e. The summed E-state index contributed by atoms with van der Waals surface area (Å²) in [6.45, 7) is 9.89. The SMILES string of the molecule is C=C1CCC(N2Cc3ccc(Nc4ncc5c(n4)COC5)cc3C2=C)C(=O)N1. The second kappa shape index (κ2) is 6.45. The van der Waals surface area contributed by atoms with Crippen LogP contribution in [0.3, 0.4) is 0 Å². The van der Waals surface area contributed by atoms with Crippen molar-refractivity contribution in [2.24, 2.45) is 0 Å². The van der Waals surface area contributed by atoms with E-state index in [1.807, 2.05) is 12.1 Å². The number of ether oxygens (including phenoxy) is 1. The van der Waals surface area contributed by atoms with Gasteiger partial charge in [0.2, 0.25) is 11.9 Å². The van der Waals surface area contributed by atoms with Gasteiger partial charge in [-0.1, -0.05) is 19.2 Å². The highest BCUT2D eigenvalue weighted by molar-refractivity contribution is 5.87. The lowest BCUT2D eigenvalue weighted by Gasteiger charge is -2.33. The molecule has 5 rings (SSSR count). The molecule has 1 fully saturated rings. The quantitative estimate of drug-likeness (QED) is 0.859. The predicted octanol–water partition coefficient (Wildman–Crippen LogP) is 2.83. The van der Waals surface area contributed by atoms with Crippen LogP contribution in [0.1, 0.15) is 35.2 Å². The summed E-state index contributed by atoms with van der Waals surface area (Å²) in [5.41, 5.74) is 6.73. The Labute approximate surface area is 163 Å². The fourth-order valence-corrected chi connectivity index (χ4v) is 3.99. The number of piperidine rings is 1. The number of hydrogen-bond donors (Lipinski definition) is 2. The van der Waals surface area contributed by atoms with Gasteiger partial charge in [0.1, 0.15) is 6.04 Å². The summed E-state index contributed by atoms with van der Waals surface area (Å²) in [5.74, 6) is 0.548. The van der Waals surface area contributed by atoms with Crippen LogP contribution in [0, 0.1) is 0 Å².